The summed E-state index contributed by atoms with van der Waals surface area (Å²) in [5.74, 6) is 0.415. The lowest BCUT2D eigenvalue weighted by molar-refractivity contribution is -0.141. The van der Waals surface area contributed by atoms with Crippen LogP contribution in [0.1, 0.15) is 30.4 Å². The second kappa shape index (κ2) is 10.5. The molecule has 5 rings (SSSR count). The molecule has 5 nitrogen and oxygen atoms in total. The van der Waals surface area contributed by atoms with Crippen molar-refractivity contribution in [3.63, 3.8) is 0 Å². The normalized spacial score (nSPS) is 16.8. The number of nitrogens with zero attached hydrogens (tertiary/aromatic N) is 3. The second-order valence-corrected chi connectivity index (χ2v) is 9.77. The Morgan fingerprint density at radius 2 is 1.49 bits per heavy atom. The lowest BCUT2D eigenvalue weighted by Crippen LogP contribution is -2.47. The number of nitrogens with one attached hydrogen (secondary N) is 1. The molecule has 0 spiro atoms. The molecule has 8 heteroatoms. The fraction of sp³-hybridized carbons (Fsp3) is 0.379. The molecule has 194 valence electrons. The van der Waals surface area contributed by atoms with Gasteiger partial charge in [0.1, 0.15) is 17.8 Å². The van der Waals surface area contributed by atoms with Crippen LogP contribution in [0.15, 0.2) is 72.9 Å². The highest BCUT2D eigenvalue weighted by molar-refractivity contribution is 6.00. The highest BCUT2D eigenvalue weighted by Gasteiger charge is 2.49. The minimum atomic E-state index is -4.47. The highest BCUT2D eigenvalue weighted by Crippen LogP contribution is 2.51. The zero-order chi connectivity index (χ0) is 25.9. The second-order valence-electron chi connectivity index (χ2n) is 9.77. The molecular weight excluding hydrogens is 477 g/mol. The zero-order valence-corrected chi connectivity index (χ0v) is 20.7. The number of unbranched alkanes of at least 4 members (excludes halogenated alkanes) is 1. The van der Waals surface area contributed by atoms with Crippen LogP contribution in [0.4, 0.5) is 19.0 Å². The molecule has 0 unspecified atom stereocenters. The van der Waals surface area contributed by atoms with E-state index in [0.29, 0.717) is 6.42 Å². The Bertz CT molecular complexity index is 1180. The minimum absolute atomic E-state index is 0.457. The first-order chi connectivity index (χ1) is 17.9. The van der Waals surface area contributed by atoms with Gasteiger partial charge in [0.25, 0.3) is 0 Å². The summed E-state index contributed by atoms with van der Waals surface area (Å²) in [6.45, 7) is 3.22. The van der Waals surface area contributed by atoms with Crippen LogP contribution >= 0.6 is 0 Å². The highest BCUT2D eigenvalue weighted by atomic mass is 19.4. The molecule has 3 aromatic rings. The molecule has 1 amide bonds. The molecule has 0 saturated carbocycles. The van der Waals surface area contributed by atoms with Crippen molar-refractivity contribution in [2.24, 2.45) is 0 Å². The molecule has 1 fully saturated rings. The first kappa shape index (κ1) is 25.3. The molecule has 0 radical (unpaired) electrons. The number of aromatic nitrogens is 1. The predicted molar refractivity (Wildman–Crippen MR) is 138 cm³/mol. The van der Waals surface area contributed by atoms with Crippen LogP contribution in [-0.2, 0) is 10.2 Å². The van der Waals surface area contributed by atoms with Gasteiger partial charge in [0.2, 0.25) is 5.91 Å². The molecule has 1 N–H and O–H groups in total. The molecule has 2 aromatic carbocycles. The number of benzene rings is 2. The van der Waals surface area contributed by atoms with Gasteiger partial charge in [-0.05, 0) is 53.8 Å². The third-order valence-electron chi connectivity index (χ3n) is 7.52. The third kappa shape index (κ3) is 5.21. The van der Waals surface area contributed by atoms with Gasteiger partial charge in [0.05, 0.1) is 0 Å². The van der Waals surface area contributed by atoms with Gasteiger partial charge >= 0.3 is 6.18 Å². The van der Waals surface area contributed by atoms with Crippen LogP contribution in [0.3, 0.4) is 0 Å². The largest absolute Gasteiger partial charge is 0.405 e. The quantitative estimate of drug-likeness (QED) is 0.434. The number of anilines is 1. The number of hydrogen-bond donors (Lipinski definition) is 1. The van der Waals surface area contributed by atoms with E-state index in [1.165, 1.54) is 0 Å². The molecule has 2 heterocycles. The van der Waals surface area contributed by atoms with Crippen molar-refractivity contribution >= 4 is 11.7 Å². The van der Waals surface area contributed by atoms with Crippen molar-refractivity contribution < 1.29 is 18.0 Å². The summed E-state index contributed by atoms with van der Waals surface area (Å²) in [6, 6.07) is 21.1. The average molecular weight is 509 g/mol. The van der Waals surface area contributed by atoms with Crippen LogP contribution in [-0.4, -0.2) is 61.2 Å². The molecule has 1 aliphatic carbocycles. The Kier molecular flexibility index (Phi) is 7.20. The van der Waals surface area contributed by atoms with Crippen molar-refractivity contribution in [1.82, 2.24) is 15.2 Å². The van der Waals surface area contributed by atoms with E-state index in [1.807, 2.05) is 72.9 Å². The van der Waals surface area contributed by atoms with Crippen LogP contribution in [0.25, 0.3) is 11.1 Å². The van der Waals surface area contributed by atoms with Crippen LogP contribution < -0.4 is 10.2 Å². The summed E-state index contributed by atoms with van der Waals surface area (Å²) < 4.78 is 39.1. The van der Waals surface area contributed by atoms with Gasteiger partial charge in [-0.3, -0.25) is 9.69 Å². The van der Waals surface area contributed by atoms with Crippen molar-refractivity contribution in [3.8, 4) is 11.1 Å². The van der Waals surface area contributed by atoms with Crippen LogP contribution in [0.5, 0.6) is 0 Å². The van der Waals surface area contributed by atoms with E-state index < -0.39 is 24.0 Å². The van der Waals surface area contributed by atoms with Crippen molar-refractivity contribution in [2.75, 3.05) is 44.2 Å². The number of fused-ring (bicyclic) bond motifs is 3. The molecule has 37 heavy (non-hydrogen) atoms. The van der Waals surface area contributed by atoms with Gasteiger partial charge in [0.15, 0.2) is 0 Å². The van der Waals surface area contributed by atoms with E-state index in [-0.39, 0.29) is 0 Å². The lowest BCUT2D eigenvalue weighted by atomic mass is 9.73. The van der Waals surface area contributed by atoms with Gasteiger partial charge in [-0.25, -0.2) is 4.98 Å². The van der Waals surface area contributed by atoms with Crippen molar-refractivity contribution in [1.29, 1.82) is 0 Å². The number of amides is 1. The SMILES string of the molecule is O=C(NCC(F)(F)F)C1(CCCCN2CCN(c3ccccn3)CC2)c2ccccc2-c2ccccc21. The Hall–Kier alpha value is -3.39. The topological polar surface area (TPSA) is 48.5 Å². The molecule has 1 aromatic heterocycles. The third-order valence-corrected chi connectivity index (χ3v) is 7.52. The molecular formula is C29H31F3N4O. The van der Waals surface area contributed by atoms with E-state index >= 15 is 0 Å². The number of alkyl halides is 3. The molecule has 0 atom stereocenters. The molecule has 2 aliphatic rings. The fourth-order valence-electron chi connectivity index (χ4n) is 5.75. The number of carbonyl (C=O) groups is 1. The van der Waals surface area contributed by atoms with Gasteiger partial charge in [-0.2, -0.15) is 13.2 Å². The maximum Gasteiger partial charge on any atom is 0.405 e. The number of carbonyl (C=O) groups excluding carboxylic acids is 1. The number of hydrogen-bond acceptors (Lipinski definition) is 4. The number of pyridine rings is 1. The predicted octanol–water partition coefficient (Wildman–Crippen LogP) is 5.02. The van der Waals surface area contributed by atoms with Gasteiger partial charge in [0, 0.05) is 32.4 Å². The Morgan fingerprint density at radius 3 is 2.08 bits per heavy atom. The summed E-state index contributed by atoms with van der Waals surface area (Å²) in [7, 11) is 0. The summed E-state index contributed by atoms with van der Waals surface area (Å²) in [5.41, 5.74) is 2.30. The maximum absolute atomic E-state index is 13.6. The number of rotatable bonds is 8. The van der Waals surface area contributed by atoms with Gasteiger partial charge < -0.3 is 10.2 Å². The van der Waals surface area contributed by atoms with Gasteiger partial charge in [-0.1, -0.05) is 61.0 Å². The van der Waals surface area contributed by atoms with Gasteiger partial charge in [-0.15, -0.1) is 0 Å². The first-order valence-electron chi connectivity index (χ1n) is 12.8. The standard InChI is InChI=1S/C29H31F3N4O/c30-29(31,32)21-34-27(37)28(24-11-3-1-9-22(24)23-10-2-4-12-25(23)28)14-6-8-16-35-17-19-36(20-18-35)26-13-5-7-15-33-26/h1-5,7,9-13,15H,6,8,14,16-21H2,(H,34,37). The average Bonchev–Trinajstić information content (AvgIpc) is 3.21. The Balaban J connectivity index is 1.28. The summed E-state index contributed by atoms with van der Waals surface area (Å²) in [5, 5.41) is 2.21. The van der Waals surface area contributed by atoms with E-state index in [1.54, 1.807) is 0 Å². The monoisotopic (exact) mass is 508 g/mol. The van der Waals surface area contributed by atoms with Crippen molar-refractivity contribution in [3.05, 3.63) is 84.1 Å². The molecule has 0 bridgehead atoms. The minimum Gasteiger partial charge on any atom is -0.354 e. The Labute approximate surface area is 215 Å². The number of piperazine rings is 1. The summed E-state index contributed by atoms with van der Waals surface area (Å²) in [4.78, 5) is 22.7. The zero-order valence-electron chi connectivity index (χ0n) is 20.7. The van der Waals surface area contributed by atoms with Crippen molar-refractivity contribution in [2.45, 2.75) is 30.9 Å². The first-order valence-corrected chi connectivity index (χ1v) is 12.8. The summed E-state index contributed by atoms with van der Waals surface area (Å²) >= 11 is 0. The van der Waals surface area contributed by atoms with Crippen LogP contribution in [0.2, 0.25) is 0 Å². The van der Waals surface area contributed by atoms with E-state index in [4.69, 9.17) is 0 Å². The summed E-state index contributed by atoms with van der Waals surface area (Å²) in [6.07, 6.45) is -0.614. The molecule has 1 saturated heterocycles. The van der Waals surface area contributed by atoms with E-state index in [0.717, 1.165) is 73.6 Å². The molecule has 1 aliphatic heterocycles. The Morgan fingerprint density at radius 1 is 0.865 bits per heavy atom. The van der Waals surface area contributed by atoms with Crippen LogP contribution in [0, 0.1) is 0 Å². The number of halogens is 3. The fourth-order valence-corrected chi connectivity index (χ4v) is 5.75. The maximum atomic E-state index is 13.6. The van der Waals surface area contributed by atoms with E-state index in [2.05, 4.69) is 20.1 Å². The smallest absolute Gasteiger partial charge is 0.354 e. The van der Waals surface area contributed by atoms with E-state index in [9.17, 15) is 18.0 Å². The lowest BCUT2D eigenvalue weighted by Gasteiger charge is -2.35.